The van der Waals surface area contributed by atoms with Crippen molar-refractivity contribution in [3.05, 3.63) is 47.0 Å². The van der Waals surface area contributed by atoms with Crippen molar-refractivity contribution in [1.29, 1.82) is 0 Å². The van der Waals surface area contributed by atoms with E-state index in [1.807, 2.05) is 25.1 Å². The Hall–Kier alpha value is -2.36. The Bertz CT molecular complexity index is 859. The molecule has 0 heterocycles. The number of rotatable bonds is 10. The van der Waals surface area contributed by atoms with Gasteiger partial charge >= 0.3 is 0 Å². The first kappa shape index (κ1) is 26.7. The molecule has 0 radical (unpaired) electrons. The van der Waals surface area contributed by atoms with Crippen molar-refractivity contribution >= 4 is 29.9 Å². The zero-order valence-electron chi connectivity index (χ0n) is 19.2. The average molecular weight is 543 g/mol. The predicted molar refractivity (Wildman–Crippen MR) is 136 cm³/mol. The van der Waals surface area contributed by atoms with Gasteiger partial charge in [0, 0.05) is 24.7 Å². The summed E-state index contributed by atoms with van der Waals surface area (Å²) in [4.78, 5) is 4.70. The molecule has 2 aromatic carbocycles. The van der Waals surface area contributed by atoms with Gasteiger partial charge in [-0.15, -0.1) is 24.0 Å². The van der Waals surface area contributed by atoms with E-state index in [2.05, 4.69) is 29.7 Å². The highest BCUT2D eigenvalue weighted by molar-refractivity contribution is 14.0. The summed E-state index contributed by atoms with van der Waals surface area (Å²) in [6.07, 6.45) is 0.828. The van der Waals surface area contributed by atoms with Crippen LogP contribution in [0.25, 0.3) is 0 Å². The third-order valence-electron chi connectivity index (χ3n) is 4.66. The number of methoxy groups -OCH3 is 4. The molecule has 0 bridgehead atoms. The molecule has 0 atom stereocenters. The largest absolute Gasteiger partial charge is 0.496 e. The standard InChI is InChI=1S/C23H33N3O4.HI/c1-7-24-23(25-11-10-17-12-16(2)8-9-19(17)27-3)26-15-18-13-21(29-5)22(30-6)14-20(18)28-4;/h8-9,12-14H,7,10-11,15H2,1-6H3,(H2,24,25,26);1H. The van der Waals surface area contributed by atoms with Gasteiger partial charge in [-0.2, -0.15) is 0 Å². The molecular formula is C23H34IN3O4. The lowest BCUT2D eigenvalue weighted by Gasteiger charge is -2.15. The van der Waals surface area contributed by atoms with E-state index in [1.54, 1.807) is 28.4 Å². The van der Waals surface area contributed by atoms with Crippen molar-refractivity contribution in [2.75, 3.05) is 41.5 Å². The van der Waals surface area contributed by atoms with Crippen LogP contribution < -0.4 is 29.6 Å². The van der Waals surface area contributed by atoms with Gasteiger partial charge in [0.05, 0.1) is 35.0 Å². The fourth-order valence-corrected chi connectivity index (χ4v) is 3.14. The number of hydrogen-bond donors (Lipinski definition) is 2. The number of nitrogens with one attached hydrogen (secondary N) is 2. The molecule has 31 heavy (non-hydrogen) atoms. The molecule has 2 N–H and O–H groups in total. The van der Waals surface area contributed by atoms with Crippen molar-refractivity contribution < 1.29 is 18.9 Å². The number of aryl methyl sites for hydroxylation is 1. The van der Waals surface area contributed by atoms with Gasteiger partial charge in [0.15, 0.2) is 17.5 Å². The van der Waals surface area contributed by atoms with E-state index in [1.165, 1.54) is 11.1 Å². The van der Waals surface area contributed by atoms with Gasteiger partial charge < -0.3 is 29.6 Å². The lowest BCUT2D eigenvalue weighted by molar-refractivity contribution is 0.347. The minimum Gasteiger partial charge on any atom is -0.496 e. The predicted octanol–water partition coefficient (Wildman–Crippen LogP) is 3.95. The van der Waals surface area contributed by atoms with Crippen LogP contribution in [-0.4, -0.2) is 47.5 Å². The summed E-state index contributed by atoms with van der Waals surface area (Å²) in [5, 5.41) is 6.66. The Kier molecular flexibility index (Phi) is 11.9. The van der Waals surface area contributed by atoms with Gasteiger partial charge in [-0.05, 0) is 38.0 Å². The highest BCUT2D eigenvalue weighted by atomic mass is 127. The van der Waals surface area contributed by atoms with Crippen LogP contribution in [0, 0.1) is 6.92 Å². The molecule has 172 valence electrons. The first-order valence-corrected chi connectivity index (χ1v) is 10.0. The van der Waals surface area contributed by atoms with Crippen LogP contribution in [0.3, 0.4) is 0 Å². The molecule has 0 aliphatic heterocycles. The Morgan fingerprint density at radius 1 is 0.806 bits per heavy atom. The van der Waals surface area contributed by atoms with Gasteiger partial charge in [0.2, 0.25) is 0 Å². The van der Waals surface area contributed by atoms with E-state index < -0.39 is 0 Å². The van der Waals surface area contributed by atoms with E-state index in [0.717, 1.165) is 36.8 Å². The lowest BCUT2D eigenvalue weighted by atomic mass is 10.1. The zero-order valence-corrected chi connectivity index (χ0v) is 21.5. The number of ether oxygens (including phenoxy) is 4. The Morgan fingerprint density at radius 2 is 1.45 bits per heavy atom. The van der Waals surface area contributed by atoms with Crippen LogP contribution >= 0.6 is 24.0 Å². The lowest BCUT2D eigenvalue weighted by Crippen LogP contribution is -2.38. The Balaban J connectivity index is 0.00000480. The second-order valence-electron chi connectivity index (χ2n) is 6.71. The van der Waals surface area contributed by atoms with Gasteiger partial charge in [0.25, 0.3) is 0 Å². The van der Waals surface area contributed by atoms with Crippen LogP contribution in [0.5, 0.6) is 23.0 Å². The fraction of sp³-hybridized carbons (Fsp3) is 0.435. The maximum absolute atomic E-state index is 5.50. The summed E-state index contributed by atoms with van der Waals surface area (Å²) in [7, 11) is 6.55. The molecule has 0 saturated carbocycles. The van der Waals surface area contributed by atoms with Gasteiger partial charge in [0.1, 0.15) is 11.5 Å². The van der Waals surface area contributed by atoms with Crippen LogP contribution in [-0.2, 0) is 13.0 Å². The molecule has 2 aromatic rings. The third-order valence-corrected chi connectivity index (χ3v) is 4.66. The fourth-order valence-electron chi connectivity index (χ4n) is 3.14. The summed E-state index contributed by atoms with van der Waals surface area (Å²) < 4.78 is 21.7. The van der Waals surface area contributed by atoms with Crippen molar-refractivity contribution in [2.24, 2.45) is 4.99 Å². The topological polar surface area (TPSA) is 73.3 Å². The van der Waals surface area contributed by atoms with Gasteiger partial charge in [-0.1, -0.05) is 17.7 Å². The highest BCUT2D eigenvalue weighted by Crippen LogP contribution is 2.34. The molecule has 7 nitrogen and oxygen atoms in total. The molecule has 0 saturated heterocycles. The molecule has 8 heteroatoms. The first-order chi connectivity index (χ1) is 14.6. The van der Waals surface area contributed by atoms with Crippen LogP contribution in [0.4, 0.5) is 0 Å². The number of benzene rings is 2. The molecule has 0 amide bonds. The summed E-state index contributed by atoms with van der Waals surface area (Å²) in [6.45, 7) is 6.06. The molecule has 0 aliphatic rings. The molecular weight excluding hydrogens is 509 g/mol. The van der Waals surface area contributed by atoms with E-state index in [-0.39, 0.29) is 24.0 Å². The maximum atomic E-state index is 5.50. The number of aliphatic imine (C=N–C) groups is 1. The normalized spacial score (nSPS) is 10.7. The summed E-state index contributed by atoms with van der Waals surface area (Å²) in [6, 6.07) is 9.92. The Labute approximate surface area is 202 Å². The quantitative estimate of drug-likeness (QED) is 0.269. The number of guanidine groups is 1. The van der Waals surface area contributed by atoms with Crippen molar-refractivity contribution in [1.82, 2.24) is 10.6 Å². The minimum atomic E-state index is 0. The van der Waals surface area contributed by atoms with Crippen molar-refractivity contribution in [2.45, 2.75) is 26.8 Å². The average Bonchev–Trinajstić information content (AvgIpc) is 2.76. The highest BCUT2D eigenvalue weighted by Gasteiger charge is 2.12. The summed E-state index contributed by atoms with van der Waals surface area (Å²) in [5.74, 6) is 3.62. The number of nitrogens with zero attached hydrogens (tertiary/aromatic N) is 1. The van der Waals surface area contributed by atoms with Gasteiger partial charge in [-0.3, -0.25) is 0 Å². The first-order valence-electron chi connectivity index (χ1n) is 10.0. The molecule has 0 aliphatic carbocycles. The van der Waals surface area contributed by atoms with Crippen LogP contribution in [0.2, 0.25) is 0 Å². The minimum absolute atomic E-state index is 0. The van der Waals surface area contributed by atoms with Crippen molar-refractivity contribution in [3.8, 4) is 23.0 Å². The van der Waals surface area contributed by atoms with E-state index in [4.69, 9.17) is 23.9 Å². The third kappa shape index (κ3) is 7.68. The molecule has 0 unspecified atom stereocenters. The SMILES string of the molecule is CCNC(=NCc1cc(OC)c(OC)cc1OC)NCCc1cc(C)ccc1OC.I. The molecule has 0 aromatic heterocycles. The van der Waals surface area contributed by atoms with Gasteiger partial charge in [-0.25, -0.2) is 4.99 Å². The smallest absolute Gasteiger partial charge is 0.191 e. The van der Waals surface area contributed by atoms with E-state index in [9.17, 15) is 0 Å². The zero-order chi connectivity index (χ0) is 21.9. The second kappa shape index (κ2) is 13.8. The molecule has 0 spiro atoms. The summed E-state index contributed by atoms with van der Waals surface area (Å²) >= 11 is 0. The number of hydrogen-bond acceptors (Lipinski definition) is 5. The maximum Gasteiger partial charge on any atom is 0.191 e. The Morgan fingerprint density at radius 3 is 2.06 bits per heavy atom. The second-order valence-corrected chi connectivity index (χ2v) is 6.71. The van der Waals surface area contributed by atoms with E-state index in [0.29, 0.717) is 23.8 Å². The summed E-state index contributed by atoms with van der Waals surface area (Å²) in [5.41, 5.74) is 3.29. The van der Waals surface area contributed by atoms with Crippen molar-refractivity contribution in [3.63, 3.8) is 0 Å². The van der Waals surface area contributed by atoms with Crippen LogP contribution in [0.15, 0.2) is 35.3 Å². The molecule has 2 rings (SSSR count). The molecule has 0 fully saturated rings. The number of halogens is 1. The monoisotopic (exact) mass is 543 g/mol. The van der Waals surface area contributed by atoms with Crippen LogP contribution in [0.1, 0.15) is 23.6 Å². The van der Waals surface area contributed by atoms with E-state index >= 15 is 0 Å².